The molecule has 3 amide bonds. The molecule has 0 saturated heterocycles. The number of anilines is 3. The molecule has 0 atom stereocenters. The largest absolute Gasteiger partial charge is 0.376 e. The molecule has 2 N–H and O–H groups in total. The molecule has 0 fully saturated rings. The Bertz CT molecular complexity index is 1140. The first-order valence-electron chi connectivity index (χ1n) is 11.7. The fourth-order valence-electron chi connectivity index (χ4n) is 3.60. The smallest absolute Gasteiger partial charge is 0.258 e. The van der Waals surface area contributed by atoms with Gasteiger partial charge in [-0.25, -0.2) is 0 Å². The maximum atomic E-state index is 12.9. The molecule has 0 bridgehead atoms. The van der Waals surface area contributed by atoms with Crippen LogP contribution in [0, 0.1) is 0 Å². The Morgan fingerprint density at radius 3 is 2.20 bits per heavy atom. The van der Waals surface area contributed by atoms with E-state index < -0.39 is 0 Å². The first kappa shape index (κ1) is 25.5. The van der Waals surface area contributed by atoms with Gasteiger partial charge in [0.2, 0.25) is 11.8 Å². The minimum absolute atomic E-state index is 0.0684. The predicted octanol–water partition coefficient (Wildman–Crippen LogP) is 4.42. The third-order valence-electron chi connectivity index (χ3n) is 5.55. The molecule has 0 aromatic heterocycles. The molecular formula is C28H32N4O3. The lowest BCUT2D eigenvalue weighted by molar-refractivity contribution is -0.128. The highest BCUT2D eigenvalue weighted by molar-refractivity contribution is 6.06. The molecule has 0 aliphatic heterocycles. The van der Waals surface area contributed by atoms with E-state index in [1.807, 2.05) is 61.5 Å². The van der Waals surface area contributed by atoms with Gasteiger partial charge in [0.25, 0.3) is 5.91 Å². The van der Waals surface area contributed by atoms with Crippen LogP contribution >= 0.6 is 0 Å². The SMILES string of the molecule is CCN(C(=O)c1ccc(NCC(=O)Nc2cccc(CCC(=O)N(C)C)c2)cc1)c1ccccc1. The lowest BCUT2D eigenvalue weighted by Gasteiger charge is -2.21. The van der Waals surface area contributed by atoms with E-state index in [1.165, 1.54) is 0 Å². The summed E-state index contributed by atoms with van der Waals surface area (Å²) in [4.78, 5) is 40.4. The number of amides is 3. The number of benzene rings is 3. The highest BCUT2D eigenvalue weighted by atomic mass is 16.2. The Morgan fingerprint density at radius 1 is 0.829 bits per heavy atom. The average molecular weight is 473 g/mol. The lowest BCUT2D eigenvalue weighted by atomic mass is 10.1. The lowest BCUT2D eigenvalue weighted by Crippen LogP contribution is -2.30. The van der Waals surface area contributed by atoms with Gasteiger partial charge in [0.05, 0.1) is 6.54 Å². The summed E-state index contributed by atoms with van der Waals surface area (Å²) in [5.41, 5.74) is 3.86. The number of nitrogens with one attached hydrogen (secondary N) is 2. The summed E-state index contributed by atoms with van der Waals surface area (Å²) in [6.45, 7) is 2.59. The molecule has 0 aliphatic carbocycles. The van der Waals surface area contributed by atoms with Gasteiger partial charge >= 0.3 is 0 Å². The van der Waals surface area contributed by atoms with E-state index in [-0.39, 0.29) is 24.3 Å². The van der Waals surface area contributed by atoms with Crippen LogP contribution in [0.15, 0.2) is 78.9 Å². The van der Waals surface area contributed by atoms with Crippen LogP contribution in [0.5, 0.6) is 0 Å². The monoisotopic (exact) mass is 472 g/mol. The molecule has 3 rings (SSSR count). The van der Waals surface area contributed by atoms with Crippen molar-refractivity contribution in [2.45, 2.75) is 19.8 Å². The molecule has 35 heavy (non-hydrogen) atoms. The number of rotatable bonds is 10. The van der Waals surface area contributed by atoms with Crippen molar-refractivity contribution < 1.29 is 14.4 Å². The van der Waals surface area contributed by atoms with Gasteiger partial charge in [-0.15, -0.1) is 0 Å². The molecule has 0 spiro atoms. The third kappa shape index (κ3) is 7.43. The zero-order chi connectivity index (χ0) is 25.2. The molecule has 0 saturated carbocycles. The molecule has 0 heterocycles. The number of carbonyl (C=O) groups is 3. The van der Waals surface area contributed by atoms with Crippen LogP contribution in [0.3, 0.4) is 0 Å². The summed E-state index contributed by atoms with van der Waals surface area (Å²) in [5.74, 6) is -0.193. The second kappa shape index (κ2) is 12.4. The van der Waals surface area contributed by atoms with E-state index >= 15 is 0 Å². The Morgan fingerprint density at radius 2 is 1.54 bits per heavy atom. The summed E-state index contributed by atoms with van der Waals surface area (Å²) in [6, 6.07) is 24.2. The molecule has 182 valence electrons. The van der Waals surface area contributed by atoms with Gasteiger partial charge in [0, 0.05) is 49.7 Å². The highest BCUT2D eigenvalue weighted by Crippen LogP contribution is 2.18. The summed E-state index contributed by atoms with van der Waals surface area (Å²) in [5, 5.41) is 5.96. The second-order valence-electron chi connectivity index (χ2n) is 8.35. The third-order valence-corrected chi connectivity index (χ3v) is 5.55. The Balaban J connectivity index is 1.52. The number of hydrogen-bond donors (Lipinski definition) is 2. The maximum absolute atomic E-state index is 12.9. The van der Waals surface area contributed by atoms with E-state index in [9.17, 15) is 14.4 Å². The summed E-state index contributed by atoms with van der Waals surface area (Å²) in [7, 11) is 3.48. The Labute approximate surface area is 206 Å². The topological polar surface area (TPSA) is 81.8 Å². The second-order valence-corrected chi connectivity index (χ2v) is 8.35. The zero-order valence-corrected chi connectivity index (χ0v) is 20.5. The molecule has 0 aliphatic rings. The van der Waals surface area contributed by atoms with Crippen LogP contribution in [0.4, 0.5) is 17.1 Å². The van der Waals surface area contributed by atoms with Crippen LogP contribution in [0.1, 0.15) is 29.3 Å². The van der Waals surface area contributed by atoms with Crippen LogP contribution < -0.4 is 15.5 Å². The van der Waals surface area contributed by atoms with E-state index in [1.54, 1.807) is 48.2 Å². The molecule has 0 unspecified atom stereocenters. The van der Waals surface area contributed by atoms with Crippen molar-refractivity contribution in [1.82, 2.24) is 4.90 Å². The maximum Gasteiger partial charge on any atom is 0.258 e. The van der Waals surface area contributed by atoms with Crippen molar-refractivity contribution in [2.75, 3.05) is 42.7 Å². The Kier molecular flexibility index (Phi) is 9.01. The van der Waals surface area contributed by atoms with E-state index in [0.29, 0.717) is 30.6 Å². The van der Waals surface area contributed by atoms with Crippen LogP contribution in [0.2, 0.25) is 0 Å². The summed E-state index contributed by atoms with van der Waals surface area (Å²) < 4.78 is 0. The summed E-state index contributed by atoms with van der Waals surface area (Å²) in [6.07, 6.45) is 1.04. The first-order valence-corrected chi connectivity index (χ1v) is 11.7. The number of carbonyl (C=O) groups excluding carboxylic acids is 3. The first-order chi connectivity index (χ1) is 16.9. The average Bonchev–Trinajstić information content (AvgIpc) is 2.87. The zero-order valence-electron chi connectivity index (χ0n) is 20.5. The van der Waals surface area contributed by atoms with Gasteiger partial charge in [-0.1, -0.05) is 30.3 Å². The van der Waals surface area contributed by atoms with Crippen molar-refractivity contribution in [3.8, 4) is 0 Å². The minimum atomic E-state index is -0.187. The van der Waals surface area contributed by atoms with Crippen molar-refractivity contribution in [2.24, 2.45) is 0 Å². The van der Waals surface area contributed by atoms with Crippen molar-refractivity contribution in [3.63, 3.8) is 0 Å². The van der Waals surface area contributed by atoms with Gasteiger partial charge in [-0.3, -0.25) is 14.4 Å². The van der Waals surface area contributed by atoms with Crippen molar-refractivity contribution in [1.29, 1.82) is 0 Å². The number of aryl methyl sites for hydroxylation is 1. The Hall–Kier alpha value is -4.13. The van der Waals surface area contributed by atoms with Gasteiger partial charge in [-0.05, 0) is 67.4 Å². The fourth-order valence-corrected chi connectivity index (χ4v) is 3.60. The predicted molar refractivity (Wildman–Crippen MR) is 141 cm³/mol. The summed E-state index contributed by atoms with van der Waals surface area (Å²) >= 11 is 0. The van der Waals surface area contributed by atoms with Crippen molar-refractivity contribution >= 4 is 34.8 Å². The van der Waals surface area contributed by atoms with Crippen LogP contribution in [0.25, 0.3) is 0 Å². The minimum Gasteiger partial charge on any atom is -0.376 e. The molecule has 7 nitrogen and oxygen atoms in total. The van der Waals surface area contributed by atoms with Gasteiger partial charge in [-0.2, -0.15) is 0 Å². The van der Waals surface area contributed by atoms with Crippen molar-refractivity contribution in [3.05, 3.63) is 90.0 Å². The normalized spacial score (nSPS) is 10.4. The van der Waals surface area contributed by atoms with Gasteiger partial charge < -0.3 is 20.4 Å². The number of hydrogen-bond acceptors (Lipinski definition) is 4. The van der Waals surface area contributed by atoms with Gasteiger partial charge in [0.15, 0.2) is 0 Å². The van der Waals surface area contributed by atoms with Gasteiger partial charge in [0.1, 0.15) is 0 Å². The van der Waals surface area contributed by atoms with Crippen LogP contribution in [-0.2, 0) is 16.0 Å². The van der Waals surface area contributed by atoms with E-state index in [0.717, 1.165) is 16.9 Å². The molecule has 3 aromatic carbocycles. The highest BCUT2D eigenvalue weighted by Gasteiger charge is 2.15. The quantitative estimate of drug-likeness (QED) is 0.458. The van der Waals surface area contributed by atoms with E-state index in [4.69, 9.17) is 0 Å². The molecular weight excluding hydrogens is 440 g/mol. The molecule has 7 heteroatoms. The number of para-hydroxylation sites is 1. The molecule has 3 aromatic rings. The standard InChI is InChI=1S/C28H32N4O3/c1-4-32(25-11-6-5-7-12-25)28(35)22-14-16-23(17-15-22)29-20-26(33)30-24-10-8-9-21(19-24)13-18-27(34)31(2)3/h5-12,14-17,19,29H,4,13,18,20H2,1-3H3,(H,30,33). The van der Waals surface area contributed by atoms with E-state index in [2.05, 4.69) is 10.6 Å². The number of nitrogens with zero attached hydrogens (tertiary/aromatic N) is 2. The van der Waals surface area contributed by atoms with Crippen LogP contribution in [-0.4, -0.2) is 49.8 Å². The fraction of sp³-hybridized carbons (Fsp3) is 0.250. The molecule has 0 radical (unpaired) electrons.